The maximum Gasteiger partial charge on any atom is 0.108 e. The van der Waals surface area contributed by atoms with Gasteiger partial charge in [-0.2, -0.15) is 0 Å². The van der Waals surface area contributed by atoms with E-state index >= 15 is 0 Å². The number of nitrogens with one attached hydrogen (secondary N) is 1. The lowest BCUT2D eigenvalue weighted by molar-refractivity contribution is -0.0247. The fraction of sp³-hybridized carbons (Fsp3) is 0.538. The van der Waals surface area contributed by atoms with Gasteiger partial charge in [-0.05, 0) is 74.3 Å². The topological polar surface area (TPSA) is 21.3 Å². The first-order valence-electron chi connectivity index (χ1n) is 11.2. The van der Waals surface area contributed by atoms with Crippen molar-refractivity contribution in [1.82, 2.24) is 5.32 Å². The van der Waals surface area contributed by atoms with Crippen LogP contribution in [0, 0.1) is 24.7 Å². The number of hydrogen-bond donors (Lipinski definition) is 1. The first-order valence-corrected chi connectivity index (χ1v) is 11.2. The number of hydrogen-bond acceptors (Lipinski definition) is 2. The van der Waals surface area contributed by atoms with Crippen LogP contribution in [0.2, 0.25) is 0 Å². The molecule has 0 heterocycles. The van der Waals surface area contributed by atoms with Crippen molar-refractivity contribution in [2.45, 2.75) is 57.1 Å². The Morgan fingerprint density at radius 3 is 2.04 bits per heavy atom. The summed E-state index contributed by atoms with van der Waals surface area (Å²) in [5.41, 5.74) is 4.19. The highest BCUT2D eigenvalue weighted by Gasteiger charge is 2.50. The van der Waals surface area contributed by atoms with Crippen molar-refractivity contribution in [3.63, 3.8) is 0 Å². The van der Waals surface area contributed by atoms with E-state index in [2.05, 4.69) is 66.8 Å². The van der Waals surface area contributed by atoms with Crippen LogP contribution < -0.4 is 5.32 Å². The van der Waals surface area contributed by atoms with Crippen LogP contribution in [0.25, 0.3) is 0 Å². The SMILES string of the molecule is Cc1ccc([C@H](OCCNC23CC4CC(CC(C4)C2)C3)c2ccccc2)cc1. The first kappa shape index (κ1) is 18.4. The number of aryl methyl sites for hydroxylation is 1. The number of rotatable bonds is 7. The minimum Gasteiger partial charge on any atom is -0.367 e. The smallest absolute Gasteiger partial charge is 0.108 e. The minimum atomic E-state index is 0.0139. The van der Waals surface area contributed by atoms with Gasteiger partial charge in [0.2, 0.25) is 0 Å². The number of ether oxygens (including phenoxy) is 1. The van der Waals surface area contributed by atoms with E-state index in [1.807, 2.05) is 0 Å². The molecule has 0 spiro atoms. The van der Waals surface area contributed by atoms with Crippen molar-refractivity contribution in [1.29, 1.82) is 0 Å². The lowest BCUT2D eigenvalue weighted by Crippen LogP contribution is -2.58. The van der Waals surface area contributed by atoms with Gasteiger partial charge in [0.15, 0.2) is 0 Å². The van der Waals surface area contributed by atoms with Crippen LogP contribution in [-0.2, 0) is 4.74 Å². The predicted molar refractivity (Wildman–Crippen MR) is 114 cm³/mol. The molecule has 0 radical (unpaired) electrons. The molecule has 28 heavy (non-hydrogen) atoms. The largest absolute Gasteiger partial charge is 0.367 e. The Bertz CT molecular complexity index is 747. The molecule has 2 heteroatoms. The van der Waals surface area contributed by atoms with Crippen LogP contribution in [0.15, 0.2) is 54.6 Å². The normalized spacial score (nSPS) is 31.8. The molecule has 148 valence electrons. The average Bonchev–Trinajstić information content (AvgIpc) is 2.69. The molecule has 0 unspecified atom stereocenters. The number of benzene rings is 2. The van der Waals surface area contributed by atoms with E-state index in [-0.39, 0.29) is 6.10 Å². The first-order chi connectivity index (χ1) is 13.7. The van der Waals surface area contributed by atoms with E-state index in [1.54, 1.807) is 0 Å². The Kier molecular flexibility index (Phi) is 5.02. The van der Waals surface area contributed by atoms with Crippen LogP contribution in [0.4, 0.5) is 0 Å². The van der Waals surface area contributed by atoms with Gasteiger partial charge in [-0.25, -0.2) is 0 Å². The third-order valence-corrected chi connectivity index (χ3v) is 7.41. The van der Waals surface area contributed by atoms with Gasteiger partial charge >= 0.3 is 0 Å². The standard InChI is InChI=1S/C26H33NO/c1-19-7-9-24(10-8-19)25(23-5-3-2-4-6-23)28-12-11-27-26-16-20-13-21(17-26)15-22(14-20)18-26/h2-10,20-22,25,27H,11-18H2,1H3/t20?,21?,22?,25-,26?/m1/s1. The van der Waals surface area contributed by atoms with Gasteiger partial charge < -0.3 is 10.1 Å². The second-order valence-electron chi connectivity index (χ2n) is 9.70. The maximum absolute atomic E-state index is 6.46. The second kappa shape index (κ2) is 7.65. The molecule has 4 bridgehead atoms. The molecule has 0 amide bonds. The fourth-order valence-corrected chi connectivity index (χ4v) is 6.57. The zero-order valence-electron chi connectivity index (χ0n) is 17.1. The molecule has 2 aromatic rings. The van der Waals surface area contributed by atoms with Crippen LogP contribution in [0.5, 0.6) is 0 Å². The van der Waals surface area contributed by atoms with E-state index in [1.165, 1.54) is 55.2 Å². The zero-order valence-corrected chi connectivity index (χ0v) is 17.1. The highest BCUT2D eigenvalue weighted by molar-refractivity contribution is 5.31. The van der Waals surface area contributed by atoms with Crippen molar-refractivity contribution < 1.29 is 4.74 Å². The molecule has 2 nitrogen and oxygen atoms in total. The van der Waals surface area contributed by atoms with Crippen molar-refractivity contribution in [2.75, 3.05) is 13.2 Å². The van der Waals surface area contributed by atoms with Crippen molar-refractivity contribution in [3.8, 4) is 0 Å². The lowest BCUT2D eigenvalue weighted by atomic mass is 9.53. The summed E-state index contributed by atoms with van der Waals surface area (Å²) in [4.78, 5) is 0. The van der Waals surface area contributed by atoms with E-state index in [9.17, 15) is 0 Å². The molecular formula is C26H33NO. The third-order valence-electron chi connectivity index (χ3n) is 7.41. The highest BCUT2D eigenvalue weighted by Crippen LogP contribution is 2.55. The Balaban J connectivity index is 1.23. The van der Waals surface area contributed by atoms with Gasteiger partial charge in [0.25, 0.3) is 0 Å². The predicted octanol–water partition coefficient (Wildman–Crippen LogP) is 5.66. The molecule has 4 saturated carbocycles. The maximum atomic E-state index is 6.46. The van der Waals surface area contributed by atoms with Gasteiger partial charge in [0.1, 0.15) is 6.10 Å². The summed E-state index contributed by atoms with van der Waals surface area (Å²) < 4.78 is 6.46. The molecular weight excluding hydrogens is 342 g/mol. The fourth-order valence-electron chi connectivity index (χ4n) is 6.57. The van der Waals surface area contributed by atoms with Gasteiger partial charge in [-0.15, -0.1) is 0 Å². The van der Waals surface area contributed by atoms with Crippen molar-refractivity contribution in [3.05, 3.63) is 71.3 Å². The van der Waals surface area contributed by atoms with Crippen LogP contribution in [0.1, 0.15) is 61.3 Å². The van der Waals surface area contributed by atoms with E-state index in [0.29, 0.717) is 5.54 Å². The summed E-state index contributed by atoms with van der Waals surface area (Å²) in [7, 11) is 0. The highest BCUT2D eigenvalue weighted by atomic mass is 16.5. The van der Waals surface area contributed by atoms with E-state index in [4.69, 9.17) is 4.74 Å². The van der Waals surface area contributed by atoms with E-state index < -0.39 is 0 Å². The van der Waals surface area contributed by atoms with Crippen molar-refractivity contribution in [2.24, 2.45) is 17.8 Å². The van der Waals surface area contributed by atoms with Crippen LogP contribution in [-0.4, -0.2) is 18.7 Å². The molecule has 2 aromatic carbocycles. The molecule has 6 rings (SSSR count). The minimum absolute atomic E-state index is 0.0139. The van der Waals surface area contributed by atoms with Crippen LogP contribution >= 0.6 is 0 Å². The van der Waals surface area contributed by atoms with Gasteiger partial charge in [0, 0.05) is 12.1 Å². The van der Waals surface area contributed by atoms with Gasteiger partial charge in [0.05, 0.1) is 6.61 Å². The molecule has 4 fully saturated rings. The second-order valence-corrected chi connectivity index (χ2v) is 9.70. The quantitative estimate of drug-likeness (QED) is 0.631. The molecule has 4 aliphatic carbocycles. The Labute approximate surface area is 169 Å². The summed E-state index contributed by atoms with van der Waals surface area (Å²) in [6.07, 6.45) is 8.72. The monoisotopic (exact) mass is 375 g/mol. The molecule has 0 aliphatic heterocycles. The summed E-state index contributed by atoms with van der Waals surface area (Å²) in [5.74, 6) is 2.97. The molecule has 4 aliphatic rings. The Morgan fingerprint density at radius 2 is 1.43 bits per heavy atom. The molecule has 0 aromatic heterocycles. The average molecular weight is 376 g/mol. The Morgan fingerprint density at radius 1 is 0.857 bits per heavy atom. The Hall–Kier alpha value is -1.64. The molecule has 1 atom stereocenters. The van der Waals surface area contributed by atoms with Crippen LogP contribution in [0.3, 0.4) is 0 Å². The summed E-state index contributed by atoms with van der Waals surface area (Å²) in [6, 6.07) is 19.4. The third kappa shape index (κ3) is 3.77. The lowest BCUT2D eigenvalue weighted by Gasteiger charge is -2.57. The van der Waals surface area contributed by atoms with E-state index in [0.717, 1.165) is 30.9 Å². The molecule has 1 N–H and O–H groups in total. The summed E-state index contributed by atoms with van der Waals surface area (Å²) in [5, 5.41) is 3.97. The van der Waals surface area contributed by atoms with Crippen molar-refractivity contribution >= 4 is 0 Å². The van der Waals surface area contributed by atoms with Gasteiger partial charge in [-0.3, -0.25) is 0 Å². The summed E-state index contributed by atoms with van der Waals surface area (Å²) in [6.45, 7) is 3.86. The van der Waals surface area contributed by atoms with Gasteiger partial charge in [-0.1, -0.05) is 60.2 Å². The molecule has 0 saturated heterocycles. The zero-order chi connectivity index (χ0) is 19.0. The summed E-state index contributed by atoms with van der Waals surface area (Å²) >= 11 is 0.